The van der Waals surface area contributed by atoms with Gasteiger partial charge in [0.25, 0.3) is 5.56 Å². The molecule has 0 saturated carbocycles. The Morgan fingerprint density at radius 3 is 2.53 bits per heavy atom. The van der Waals surface area contributed by atoms with E-state index in [9.17, 15) is 9.59 Å². The van der Waals surface area contributed by atoms with E-state index in [1.807, 2.05) is 24.3 Å². The Bertz CT molecular complexity index is 1480. The van der Waals surface area contributed by atoms with Gasteiger partial charge in [0, 0.05) is 41.0 Å². The lowest BCUT2D eigenvalue weighted by Crippen LogP contribution is -2.30. The number of rotatable bonds is 8. The summed E-state index contributed by atoms with van der Waals surface area (Å²) >= 11 is 0. The number of anilines is 2. The van der Waals surface area contributed by atoms with Gasteiger partial charge in [0.2, 0.25) is 12.7 Å². The van der Waals surface area contributed by atoms with Gasteiger partial charge < -0.3 is 24.8 Å². The maximum atomic E-state index is 13.5. The van der Waals surface area contributed by atoms with Crippen molar-refractivity contribution in [3.8, 4) is 17.2 Å². The van der Waals surface area contributed by atoms with Gasteiger partial charge in [-0.15, -0.1) is 0 Å². The van der Waals surface area contributed by atoms with Crippen LogP contribution >= 0.6 is 0 Å². The van der Waals surface area contributed by atoms with Gasteiger partial charge >= 0.3 is 0 Å². The molecule has 4 aromatic rings. The average Bonchev–Trinajstić information content (AvgIpc) is 3.36. The van der Waals surface area contributed by atoms with E-state index >= 15 is 0 Å². The fourth-order valence-electron chi connectivity index (χ4n) is 4.21. The van der Waals surface area contributed by atoms with Gasteiger partial charge in [-0.2, -0.15) is 0 Å². The van der Waals surface area contributed by atoms with E-state index in [1.165, 1.54) is 10.1 Å². The summed E-state index contributed by atoms with van der Waals surface area (Å²) in [6.07, 6.45) is 0.962. The average molecular weight is 486 g/mol. The van der Waals surface area contributed by atoms with Crippen molar-refractivity contribution >= 4 is 28.2 Å². The Labute approximate surface area is 208 Å². The van der Waals surface area contributed by atoms with Crippen LogP contribution in [0.4, 0.5) is 11.4 Å². The number of nitrogens with one attached hydrogen (secondary N) is 2. The maximum absolute atomic E-state index is 13.5. The predicted octanol–water partition coefficient (Wildman–Crippen LogP) is 4.55. The zero-order chi connectivity index (χ0) is 25.1. The number of hydrogen-bond acceptors (Lipinski definition) is 6. The van der Waals surface area contributed by atoms with Crippen molar-refractivity contribution in [2.75, 3.05) is 24.5 Å². The van der Waals surface area contributed by atoms with Gasteiger partial charge in [-0.3, -0.25) is 14.2 Å². The summed E-state index contributed by atoms with van der Waals surface area (Å²) in [6, 6.07) is 20.6. The molecule has 8 nitrogen and oxygen atoms in total. The second kappa shape index (κ2) is 10.0. The van der Waals surface area contributed by atoms with Crippen LogP contribution in [0, 0.1) is 0 Å². The quantitative estimate of drug-likeness (QED) is 0.381. The van der Waals surface area contributed by atoms with Gasteiger partial charge in [-0.05, 0) is 48.4 Å². The lowest BCUT2D eigenvalue weighted by atomic mass is 10.1. The minimum absolute atomic E-state index is 0.119. The van der Waals surface area contributed by atoms with Crippen LogP contribution in [0.3, 0.4) is 0 Å². The zero-order valence-electron chi connectivity index (χ0n) is 20.2. The van der Waals surface area contributed by atoms with Gasteiger partial charge in [-0.1, -0.05) is 25.1 Å². The van der Waals surface area contributed by atoms with Crippen LogP contribution in [0.5, 0.6) is 17.2 Å². The van der Waals surface area contributed by atoms with Crippen molar-refractivity contribution in [2.24, 2.45) is 0 Å². The van der Waals surface area contributed by atoms with E-state index in [2.05, 4.69) is 29.7 Å². The minimum Gasteiger partial charge on any atom is -0.497 e. The topological polar surface area (TPSA) is 90.8 Å². The lowest BCUT2D eigenvalue weighted by Gasteiger charge is -2.15. The van der Waals surface area contributed by atoms with Crippen molar-refractivity contribution in [3.63, 3.8) is 0 Å². The molecule has 0 saturated heterocycles. The molecule has 0 aliphatic carbocycles. The third-order valence-corrected chi connectivity index (χ3v) is 6.16. The zero-order valence-corrected chi connectivity index (χ0v) is 20.2. The van der Waals surface area contributed by atoms with E-state index in [-0.39, 0.29) is 24.8 Å². The molecule has 0 radical (unpaired) electrons. The third kappa shape index (κ3) is 4.84. The fraction of sp³-hybridized carbons (Fsp3) is 0.214. The summed E-state index contributed by atoms with van der Waals surface area (Å²) in [5, 5.41) is 6.95. The fourth-order valence-corrected chi connectivity index (χ4v) is 4.21. The van der Waals surface area contributed by atoms with Crippen LogP contribution in [0.1, 0.15) is 18.1 Å². The largest absolute Gasteiger partial charge is 0.497 e. The van der Waals surface area contributed by atoms with Crippen molar-refractivity contribution in [1.82, 2.24) is 4.57 Å². The first kappa shape index (κ1) is 23.3. The Balaban J connectivity index is 1.47. The smallest absolute Gasteiger partial charge is 0.256 e. The molecule has 184 valence electrons. The van der Waals surface area contributed by atoms with Crippen molar-refractivity contribution in [1.29, 1.82) is 0 Å². The van der Waals surface area contributed by atoms with Crippen molar-refractivity contribution < 1.29 is 19.0 Å². The van der Waals surface area contributed by atoms with Crippen molar-refractivity contribution in [3.05, 3.63) is 88.2 Å². The van der Waals surface area contributed by atoms with Crippen LogP contribution < -0.4 is 30.4 Å². The molecular weight excluding hydrogens is 458 g/mol. The van der Waals surface area contributed by atoms with Gasteiger partial charge in [0.1, 0.15) is 12.3 Å². The molecule has 1 aliphatic rings. The van der Waals surface area contributed by atoms with Crippen LogP contribution in [-0.4, -0.2) is 24.4 Å². The van der Waals surface area contributed by atoms with E-state index in [1.54, 1.807) is 37.4 Å². The number of aromatic nitrogens is 1. The number of aryl methyl sites for hydroxylation is 1. The summed E-state index contributed by atoms with van der Waals surface area (Å²) in [6.45, 7) is 2.38. The first-order valence-corrected chi connectivity index (χ1v) is 11.8. The summed E-state index contributed by atoms with van der Waals surface area (Å²) in [4.78, 5) is 26.5. The molecule has 5 rings (SSSR count). The summed E-state index contributed by atoms with van der Waals surface area (Å²) < 4.78 is 17.8. The molecule has 36 heavy (non-hydrogen) atoms. The van der Waals surface area contributed by atoms with Crippen LogP contribution in [-0.2, 0) is 24.3 Å². The molecule has 0 bridgehead atoms. The molecule has 1 aliphatic heterocycles. The van der Waals surface area contributed by atoms with Crippen LogP contribution in [0.25, 0.3) is 10.9 Å². The highest BCUT2D eigenvalue weighted by Crippen LogP contribution is 2.36. The molecule has 1 aromatic heterocycles. The normalized spacial score (nSPS) is 11.9. The second-order valence-corrected chi connectivity index (χ2v) is 8.51. The standard InChI is InChI=1S/C28H27N3O5/c1-3-18-7-9-21(10-8-18)29-15-20-11-19-12-25-26(36-17-35-25)14-24(19)31(28(20)33)16-27(32)30-22-5-4-6-23(13-22)34-2/h4-14,29H,3,15-17H2,1-2H3,(H,30,32). The number of benzene rings is 3. The number of methoxy groups -OCH3 is 1. The number of hydrogen-bond donors (Lipinski definition) is 2. The number of carbonyl (C=O) groups is 1. The van der Waals surface area contributed by atoms with Gasteiger partial charge in [0.05, 0.1) is 12.6 Å². The van der Waals surface area contributed by atoms with E-state index in [0.29, 0.717) is 40.6 Å². The molecular formula is C28H27N3O5. The van der Waals surface area contributed by atoms with Crippen LogP contribution in [0.15, 0.2) is 71.5 Å². The SMILES string of the molecule is CCc1ccc(NCc2cc3cc4c(cc3n(CC(=O)Nc3cccc(OC)c3)c2=O)OCO4)cc1. The van der Waals surface area contributed by atoms with E-state index < -0.39 is 0 Å². The highest BCUT2D eigenvalue weighted by Gasteiger charge is 2.19. The molecule has 3 aromatic carbocycles. The summed E-state index contributed by atoms with van der Waals surface area (Å²) in [5.41, 5.74) is 3.63. The molecule has 0 unspecified atom stereocenters. The number of carbonyl (C=O) groups excluding carboxylic acids is 1. The molecule has 8 heteroatoms. The first-order chi connectivity index (χ1) is 17.5. The number of ether oxygens (including phenoxy) is 3. The highest BCUT2D eigenvalue weighted by molar-refractivity contribution is 5.92. The number of fused-ring (bicyclic) bond motifs is 2. The number of nitrogens with zero attached hydrogens (tertiary/aromatic N) is 1. The Kier molecular flexibility index (Phi) is 6.49. The summed E-state index contributed by atoms with van der Waals surface area (Å²) in [5.74, 6) is 1.46. The number of pyridine rings is 1. The maximum Gasteiger partial charge on any atom is 0.256 e. The van der Waals surface area contributed by atoms with Crippen molar-refractivity contribution in [2.45, 2.75) is 26.4 Å². The molecule has 2 heterocycles. The predicted molar refractivity (Wildman–Crippen MR) is 139 cm³/mol. The van der Waals surface area contributed by atoms with Gasteiger partial charge in [-0.25, -0.2) is 0 Å². The summed E-state index contributed by atoms with van der Waals surface area (Å²) in [7, 11) is 1.56. The lowest BCUT2D eigenvalue weighted by molar-refractivity contribution is -0.116. The Morgan fingerprint density at radius 1 is 1.00 bits per heavy atom. The van der Waals surface area contributed by atoms with E-state index in [4.69, 9.17) is 14.2 Å². The third-order valence-electron chi connectivity index (χ3n) is 6.16. The molecule has 1 amide bonds. The monoisotopic (exact) mass is 485 g/mol. The number of amides is 1. The molecule has 0 spiro atoms. The molecule has 0 fully saturated rings. The minimum atomic E-state index is -0.329. The Morgan fingerprint density at radius 2 is 1.78 bits per heavy atom. The highest BCUT2D eigenvalue weighted by atomic mass is 16.7. The van der Waals surface area contributed by atoms with Gasteiger partial charge in [0.15, 0.2) is 11.5 Å². The molecule has 0 atom stereocenters. The first-order valence-electron chi connectivity index (χ1n) is 11.8. The van der Waals surface area contributed by atoms with E-state index in [0.717, 1.165) is 17.5 Å². The second-order valence-electron chi connectivity index (χ2n) is 8.51. The molecule has 2 N–H and O–H groups in total. The van der Waals surface area contributed by atoms with Crippen LogP contribution in [0.2, 0.25) is 0 Å². The Hall–Kier alpha value is -4.46.